The average molecular weight is 516 g/mol. The third-order valence-corrected chi connectivity index (χ3v) is 7.23. The van der Waals surface area contributed by atoms with Crippen molar-refractivity contribution in [2.45, 2.75) is 26.2 Å². The average Bonchev–Trinajstić information content (AvgIpc) is 3.35. The molecule has 1 unspecified atom stereocenters. The summed E-state index contributed by atoms with van der Waals surface area (Å²) in [6.07, 6.45) is 5.79. The van der Waals surface area contributed by atoms with Crippen LogP contribution in [-0.2, 0) is 17.6 Å². The minimum absolute atomic E-state index is 0.140. The molecular weight excluding hydrogens is 497 g/mol. The van der Waals surface area contributed by atoms with Crippen molar-refractivity contribution in [2.75, 3.05) is 5.32 Å². The van der Waals surface area contributed by atoms with Crippen LogP contribution in [0.4, 0.5) is 5.00 Å². The van der Waals surface area contributed by atoms with Gasteiger partial charge in [0.25, 0.3) is 0 Å². The van der Waals surface area contributed by atoms with E-state index in [4.69, 9.17) is 39.8 Å². The summed E-state index contributed by atoms with van der Waals surface area (Å²) in [6.45, 7) is 2.21. The molecule has 0 aliphatic heterocycles. The topological polar surface area (TPSA) is 78.1 Å². The zero-order valence-electron chi connectivity index (χ0n) is 17.6. The van der Waals surface area contributed by atoms with E-state index in [0.29, 0.717) is 43.6 Å². The largest absolute Gasteiger partial charge is 0.457 e. The van der Waals surface area contributed by atoms with Crippen molar-refractivity contribution in [3.05, 3.63) is 68.2 Å². The highest BCUT2D eigenvalue weighted by Gasteiger charge is 2.24. The molecule has 2 N–H and O–H groups in total. The fourth-order valence-electron chi connectivity index (χ4n) is 3.68. The summed E-state index contributed by atoms with van der Waals surface area (Å²) >= 11 is 19.0. The number of benzene rings is 1. The van der Waals surface area contributed by atoms with Crippen molar-refractivity contribution in [3.8, 4) is 17.4 Å². The second-order valence-corrected chi connectivity index (χ2v) is 10.1. The normalized spacial score (nSPS) is 15.2. The van der Waals surface area contributed by atoms with E-state index in [2.05, 4.69) is 23.6 Å². The van der Waals surface area contributed by atoms with Crippen LogP contribution < -0.4 is 10.6 Å². The first-order valence-corrected chi connectivity index (χ1v) is 12.2. The van der Waals surface area contributed by atoms with E-state index in [0.717, 1.165) is 24.8 Å². The van der Waals surface area contributed by atoms with Crippen LogP contribution in [0.1, 0.15) is 35.1 Å². The molecule has 4 rings (SSSR count). The summed E-state index contributed by atoms with van der Waals surface area (Å²) in [4.78, 5) is 13.5. The van der Waals surface area contributed by atoms with E-state index < -0.39 is 5.91 Å². The van der Waals surface area contributed by atoms with Gasteiger partial charge in [-0.2, -0.15) is 5.26 Å². The summed E-state index contributed by atoms with van der Waals surface area (Å²) in [6, 6.07) is 10.9. The number of hydrogen-bond acceptors (Lipinski definition) is 5. The van der Waals surface area contributed by atoms with Crippen LogP contribution in [0.3, 0.4) is 0 Å². The molecular formula is C24H19Cl2N3O2S2. The van der Waals surface area contributed by atoms with E-state index >= 15 is 0 Å². The summed E-state index contributed by atoms with van der Waals surface area (Å²) < 4.78 is 5.75. The lowest BCUT2D eigenvalue weighted by atomic mass is 9.89. The number of hydrogen-bond donors (Lipinski definition) is 2. The lowest BCUT2D eigenvalue weighted by molar-refractivity contribution is -0.115. The molecule has 168 valence electrons. The number of carbonyl (C=O) groups is 1. The molecule has 9 heteroatoms. The number of amides is 1. The number of fused-ring (bicyclic) bond motifs is 1. The van der Waals surface area contributed by atoms with Gasteiger partial charge in [0.05, 0.1) is 10.6 Å². The predicted molar refractivity (Wildman–Crippen MR) is 138 cm³/mol. The Balaban J connectivity index is 1.38. The van der Waals surface area contributed by atoms with Gasteiger partial charge in [-0.15, -0.1) is 11.3 Å². The Hall–Kier alpha value is -2.63. The van der Waals surface area contributed by atoms with Crippen molar-refractivity contribution in [1.29, 1.82) is 5.26 Å². The number of carbonyl (C=O) groups excluding carboxylic acids is 1. The molecule has 2 heterocycles. The highest BCUT2D eigenvalue weighted by atomic mass is 35.5. The molecule has 1 amide bonds. The number of thiocarbonyl (C=S) groups is 1. The Labute approximate surface area is 211 Å². The lowest BCUT2D eigenvalue weighted by Gasteiger charge is -2.17. The molecule has 33 heavy (non-hydrogen) atoms. The fourth-order valence-corrected chi connectivity index (χ4v) is 5.81. The van der Waals surface area contributed by atoms with Crippen LogP contribution in [0.25, 0.3) is 17.4 Å². The Morgan fingerprint density at radius 1 is 1.33 bits per heavy atom. The smallest absolute Gasteiger partial charge is 0.250 e. The van der Waals surface area contributed by atoms with Crippen LogP contribution in [0.2, 0.25) is 10.0 Å². The van der Waals surface area contributed by atoms with Gasteiger partial charge in [0, 0.05) is 21.5 Å². The highest BCUT2D eigenvalue weighted by molar-refractivity contribution is 7.80. The maximum absolute atomic E-state index is 12.3. The molecule has 5 nitrogen and oxygen atoms in total. The van der Waals surface area contributed by atoms with E-state index in [9.17, 15) is 10.1 Å². The Bertz CT molecular complexity index is 1300. The molecule has 0 spiro atoms. The third-order valence-electron chi connectivity index (χ3n) is 5.31. The SMILES string of the molecule is CC1CCc2c(sc(NC(=S)NC(=O)/C=C/c3ccc(-c4ccc(Cl)cc4Cl)o3)c2C#N)C1. The van der Waals surface area contributed by atoms with E-state index in [1.807, 2.05) is 0 Å². The number of furan rings is 1. The Morgan fingerprint density at radius 2 is 2.15 bits per heavy atom. The van der Waals surface area contributed by atoms with Crippen LogP contribution in [0.15, 0.2) is 40.8 Å². The molecule has 3 aromatic rings. The van der Waals surface area contributed by atoms with Crippen LogP contribution in [0.5, 0.6) is 0 Å². The first kappa shape index (κ1) is 23.5. The second-order valence-electron chi connectivity index (χ2n) is 7.77. The molecule has 1 aromatic carbocycles. The van der Waals surface area contributed by atoms with E-state index in [1.54, 1.807) is 30.3 Å². The second kappa shape index (κ2) is 10.1. The van der Waals surface area contributed by atoms with Gasteiger partial charge >= 0.3 is 0 Å². The number of rotatable bonds is 4. The van der Waals surface area contributed by atoms with Gasteiger partial charge < -0.3 is 9.73 Å². The summed E-state index contributed by atoms with van der Waals surface area (Å²) in [5.41, 5.74) is 2.43. The van der Waals surface area contributed by atoms with Crippen LogP contribution in [-0.4, -0.2) is 11.0 Å². The molecule has 0 bridgehead atoms. The number of halogens is 2. The highest BCUT2D eigenvalue weighted by Crippen LogP contribution is 2.39. The molecule has 1 aliphatic rings. The van der Waals surface area contributed by atoms with Crippen molar-refractivity contribution < 1.29 is 9.21 Å². The predicted octanol–water partition coefficient (Wildman–Crippen LogP) is 6.84. The fraction of sp³-hybridized carbons (Fsp3) is 0.208. The number of nitrogens with zero attached hydrogens (tertiary/aromatic N) is 1. The molecule has 0 radical (unpaired) electrons. The minimum Gasteiger partial charge on any atom is -0.457 e. The molecule has 2 aromatic heterocycles. The van der Waals surface area contributed by atoms with Crippen molar-refractivity contribution in [3.63, 3.8) is 0 Å². The maximum atomic E-state index is 12.3. The van der Waals surface area contributed by atoms with Crippen LogP contribution in [0, 0.1) is 17.2 Å². The van der Waals surface area contributed by atoms with Gasteiger partial charge in [-0.25, -0.2) is 0 Å². The lowest BCUT2D eigenvalue weighted by Crippen LogP contribution is -2.32. The maximum Gasteiger partial charge on any atom is 0.250 e. The zero-order chi connectivity index (χ0) is 23.5. The van der Waals surface area contributed by atoms with Gasteiger partial charge in [-0.1, -0.05) is 30.1 Å². The van der Waals surface area contributed by atoms with Gasteiger partial charge in [0.2, 0.25) is 5.91 Å². The number of nitriles is 1. The molecule has 1 aliphatic carbocycles. The van der Waals surface area contributed by atoms with Crippen molar-refractivity contribution in [2.24, 2.45) is 5.92 Å². The molecule has 0 saturated heterocycles. The zero-order valence-corrected chi connectivity index (χ0v) is 20.7. The third kappa shape index (κ3) is 5.48. The monoisotopic (exact) mass is 515 g/mol. The van der Waals surface area contributed by atoms with E-state index in [-0.39, 0.29) is 5.11 Å². The first-order chi connectivity index (χ1) is 15.8. The van der Waals surface area contributed by atoms with Crippen LogP contribution >= 0.6 is 46.8 Å². The molecule has 0 fully saturated rings. The standard InChI is InChI=1S/C24H19Cl2N3O2S2/c1-13-2-6-16-18(12-27)23(33-21(16)10-13)29-24(32)28-22(30)9-5-15-4-8-20(31-15)17-7-3-14(25)11-19(17)26/h3-5,7-9,11,13H,2,6,10H2,1H3,(H2,28,29,30,32)/b9-5+. The van der Waals surface area contributed by atoms with Crippen molar-refractivity contribution in [1.82, 2.24) is 5.32 Å². The number of nitrogens with one attached hydrogen (secondary N) is 2. The quantitative estimate of drug-likeness (QED) is 0.293. The van der Waals surface area contributed by atoms with Gasteiger partial charge in [-0.05, 0) is 79.4 Å². The van der Waals surface area contributed by atoms with Crippen molar-refractivity contribution >= 4 is 68.9 Å². The summed E-state index contributed by atoms with van der Waals surface area (Å²) in [5.74, 6) is 1.24. The molecule has 0 saturated carbocycles. The van der Waals surface area contributed by atoms with Gasteiger partial charge in [0.1, 0.15) is 22.6 Å². The van der Waals surface area contributed by atoms with Gasteiger partial charge in [-0.3, -0.25) is 10.1 Å². The summed E-state index contributed by atoms with van der Waals surface area (Å²) in [5, 5.41) is 17.1. The molecule has 1 atom stereocenters. The van der Waals surface area contributed by atoms with E-state index in [1.165, 1.54) is 28.4 Å². The Kier molecular flexibility index (Phi) is 7.20. The summed E-state index contributed by atoms with van der Waals surface area (Å²) in [7, 11) is 0. The first-order valence-electron chi connectivity index (χ1n) is 10.2. The Morgan fingerprint density at radius 3 is 2.91 bits per heavy atom. The number of anilines is 1. The number of thiophene rings is 1. The van der Waals surface area contributed by atoms with Gasteiger partial charge in [0.15, 0.2) is 5.11 Å². The minimum atomic E-state index is -0.413.